The predicted octanol–water partition coefficient (Wildman–Crippen LogP) is 0.761. The number of benzene rings is 1. The minimum Gasteiger partial charge on any atom is -0.399 e. The zero-order valence-corrected chi connectivity index (χ0v) is 12.6. The van der Waals surface area contributed by atoms with Crippen LogP contribution in [-0.2, 0) is 10.0 Å². The Morgan fingerprint density at radius 3 is 2.65 bits per heavy atom. The van der Waals surface area contributed by atoms with Crippen LogP contribution in [0.1, 0.15) is 18.4 Å². The zero-order chi connectivity index (χ0) is 15.2. The molecular formula is C13H20N4O2S. The van der Waals surface area contributed by atoms with Crippen molar-refractivity contribution in [3.8, 4) is 6.07 Å². The standard InChI is InChI=1S/C13H20N4O2S/c1-17(2)8-4-3-7-16-20(18,19)13-6-5-12(15)9-11(13)10-14/h5-6,9,16H,3-4,7-8,15H2,1-2H3. The van der Waals surface area contributed by atoms with Gasteiger partial charge in [-0.2, -0.15) is 5.26 Å². The van der Waals surface area contributed by atoms with Crippen LogP contribution in [-0.4, -0.2) is 40.5 Å². The normalized spacial score (nSPS) is 11.5. The lowest BCUT2D eigenvalue weighted by Gasteiger charge is -2.10. The van der Waals surface area contributed by atoms with Crippen molar-refractivity contribution in [1.29, 1.82) is 5.26 Å². The van der Waals surface area contributed by atoms with Gasteiger partial charge in [0.05, 0.1) is 10.5 Å². The molecule has 20 heavy (non-hydrogen) atoms. The molecule has 0 aliphatic carbocycles. The van der Waals surface area contributed by atoms with E-state index in [0.717, 1.165) is 19.4 Å². The second-order valence-corrected chi connectivity index (χ2v) is 6.51. The van der Waals surface area contributed by atoms with E-state index in [9.17, 15) is 8.42 Å². The van der Waals surface area contributed by atoms with Gasteiger partial charge in [0.2, 0.25) is 10.0 Å². The minimum atomic E-state index is -3.66. The summed E-state index contributed by atoms with van der Waals surface area (Å²) in [6, 6.07) is 6.05. The van der Waals surface area contributed by atoms with Crippen LogP contribution in [0.25, 0.3) is 0 Å². The average Bonchev–Trinajstić information content (AvgIpc) is 2.37. The first-order valence-electron chi connectivity index (χ1n) is 6.31. The third kappa shape index (κ3) is 4.81. The number of anilines is 1. The molecule has 0 bridgehead atoms. The quantitative estimate of drug-likeness (QED) is 0.571. The van der Waals surface area contributed by atoms with Gasteiger partial charge in [-0.3, -0.25) is 0 Å². The van der Waals surface area contributed by atoms with Crippen molar-refractivity contribution < 1.29 is 8.42 Å². The molecule has 0 saturated carbocycles. The van der Waals surface area contributed by atoms with E-state index < -0.39 is 10.0 Å². The second-order valence-electron chi connectivity index (χ2n) is 4.78. The van der Waals surface area contributed by atoms with Crippen LogP contribution >= 0.6 is 0 Å². The van der Waals surface area contributed by atoms with E-state index >= 15 is 0 Å². The molecule has 0 radical (unpaired) electrons. The Labute approximate surface area is 120 Å². The molecule has 3 N–H and O–H groups in total. The summed E-state index contributed by atoms with van der Waals surface area (Å²) in [6.45, 7) is 1.26. The van der Waals surface area contributed by atoms with Gasteiger partial charge in [0.25, 0.3) is 0 Å². The fraction of sp³-hybridized carbons (Fsp3) is 0.462. The number of hydrogen-bond acceptors (Lipinski definition) is 5. The van der Waals surface area contributed by atoms with Crippen molar-refractivity contribution in [3.63, 3.8) is 0 Å². The maximum absolute atomic E-state index is 12.1. The first kappa shape index (κ1) is 16.4. The number of nitrogen functional groups attached to an aromatic ring is 1. The number of nitrogens with two attached hydrogens (primary N) is 1. The topological polar surface area (TPSA) is 99.2 Å². The summed E-state index contributed by atoms with van der Waals surface area (Å²) in [5, 5.41) is 8.97. The van der Waals surface area contributed by atoms with Crippen LogP contribution < -0.4 is 10.5 Å². The van der Waals surface area contributed by atoms with Gasteiger partial charge in [0.15, 0.2) is 0 Å². The van der Waals surface area contributed by atoms with Gasteiger partial charge in [0.1, 0.15) is 6.07 Å². The summed E-state index contributed by atoms with van der Waals surface area (Å²) in [7, 11) is 0.278. The molecule has 110 valence electrons. The fourth-order valence-electron chi connectivity index (χ4n) is 1.71. The van der Waals surface area contributed by atoms with E-state index in [1.54, 1.807) is 0 Å². The van der Waals surface area contributed by atoms with Crippen molar-refractivity contribution in [2.24, 2.45) is 0 Å². The van der Waals surface area contributed by atoms with Crippen molar-refractivity contribution in [2.75, 3.05) is 32.9 Å². The van der Waals surface area contributed by atoms with Gasteiger partial charge in [0, 0.05) is 12.2 Å². The molecule has 0 aliphatic heterocycles. The molecule has 0 spiro atoms. The highest BCUT2D eigenvalue weighted by atomic mass is 32.2. The summed E-state index contributed by atoms with van der Waals surface area (Å²) < 4.78 is 26.7. The average molecular weight is 296 g/mol. The molecule has 0 atom stereocenters. The summed E-state index contributed by atoms with van der Waals surface area (Å²) in [6.07, 6.45) is 1.65. The third-order valence-corrected chi connectivity index (χ3v) is 4.26. The van der Waals surface area contributed by atoms with Gasteiger partial charge in [-0.25, -0.2) is 13.1 Å². The molecular weight excluding hydrogens is 276 g/mol. The molecule has 1 aromatic rings. The minimum absolute atomic E-state index is 0.0261. The molecule has 1 aromatic carbocycles. The van der Waals surface area contributed by atoms with Crippen molar-refractivity contribution >= 4 is 15.7 Å². The molecule has 6 nitrogen and oxygen atoms in total. The third-order valence-electron chi connectivity index (χ3n) is 2.74. The predicted molar refractivity (Wildman–Crippen MR) is 78.5 cm³/mol. The number of nitrogens with zero attached hydrogens (tertiary/aromatic N) is 2. The molecule has 0 fully saturated rings. The Balaban J connectivity index is 2.68. The smallest absolute Gasteiger partial charge is 0.241 e. The summed E-state index contributed by atoms with van der Waals surface area (Å²) >= 11 is 0. The fourth-order valence-corrected chi connectivity index (χ4v) is 2.92. The van der Waals surface area contributed by atoms with E-state index in [0.29, 0.717) is 12.2 Å². The van der Waals surface area contributed by atoms with Crippen LogP contribution in [0, 0.1) is 11.3 Å². The van der Waals surface area contributed by atoms with Gasteiger partial charge < -0.3 is 10.6 Å². The van der Waals surface area contributed by atoms with Crippen LogP contribution in [0.2, 0.25) is 0 Å². The maximum Gasteiger partial charge on any atom is 0.241 e. The highest BCUT2D eigenvalue weighted by molar-refractivity contribution is 7.89. The van der Waals surface area contributed by atoms with E-state index in [-0.39, 0.29) is 10.5 Å². The maximum atomic E-state index is 12.1. The number of rotatable bonds is 7. The molecule has 0 amide bonds. The van der Waals surface area contributed by atoms with E-state index in [1.165, 1.54) is 18.2 Å². The Bertz CT molecular complexity index is 591. The Hall–Kier alpha value is -1.62. The lowest BCUT2D eigenvalue weighted by molar-refractivity contribution is 0.394. The summed E-state index contributed by atoms with van der Waals surface area (Å²) in [5.74, 6) is 0. The molecule has 0 aliphatic rings. The van der Waals surface area contributed by atoms with Crippen molar-refractivity contribution in [3.05, 3.63) is 23.8 Å². The number of unbranched alkanes of at least 4 members (excludes halogenated alkanes) is 1. The Morgan fingerprint density at radius 2 is 2.05 bits per heavy atom. The lowest BCUT2D eigenvalue weighted by Crippen LogP contribution is -2.26. The van der Waals surface area contributed by atoms with Gasteiger partial charge in [-0.1, -0.05) is 0 Å². The number of nitriles is 1. The monoisotopic (exact) mass is 296 g/mol. The Kier molecular flexibility index (Phi) is 5.95. The van der Waals surface area contributed by atoms with E-state index in [4.69, 9.17) is 11.0 Å². The molecule has 7 heteroatoms. The van der Waals surface area contributed by atoms with Crippen LogP contribution in [0.3, 0.4) is 0 Å². The van der Waals surface area contributed by atoms with Crippen LogP contribution in [0.15, 0.2) is 23.1 Å². The molecule has 0 unspecified atom stereocenters. The lowest BCUT2D eigenvalue weighted by atomic mass is 10.2. The second kappa shape index (κ2) is 7.24. The number of nitrogens with one attached hydrogen (secondary N) is 1. The number of sulfonamides is 1. The van der Waals surface area contributed by atoms with Gasteiger partial charge >= 0.3 is 0 Å². The van der Waals surface area contributed by atoms with Crippen molar-refractivity contribution in [1.82, 2.24) is 9.62 Å². The highest BCUT2D eigenvalue weighted by Crippen LogP contribution is 2.17. The van der Waals surface area contributed by atoms with Gasteiger partial charge in [-0.15, -0.1) is 0 Å². The van der Waals surface area contributed by atoms with Crippen LogP contribution in [0.4, 0.5) is 5.69 Å². The molecule has 0 heterocycles. The molecule has 0 aromatic heterocycles. The number of hydrogen-bond donors (Lipinski definition) is 2. The Morgan fingerprint density at radius 1 is 1.35 bits per heavy atom. The first-order chi connectivity index (χ1) is 9.36. The molecule has 1 rings (SSSR count). The van der Waals surface area contributed by atoms with Crippen molar-refractivity contribution in [2.45, 2.75) is 17.7 Å². The largest absolute Gasteiger partial charge is 0.399 e. The SMILES string of the molecule is CN(C)CCCCNS(=O)(=O)c1ccc(N)cc1C#N. The molecule has 0 saturated heterocycles. The first-order valence-corrected chi connectivity index (χ1v) is 7.79. The summed E-state index contributed by atoms with van der Waals surface area (Å²) in [4.78, 5) is 2.02. The van der Waals surface area contributed by atoms with Crippen LogP contribution in [0.5, 0.6) is 0 Å². The highest BCUT2D eigenvalue weighted by Gasteiger charge is 2.18. The zero-order valence-electron chi connectivity index (χ0n) is 11.8. The van der Waals surface area contributed by atoms with E-state index in [1.807, 2.05) is 25.1 Å². The summed E-state index contributed by atoms with van der Waals surface area (Å²) in [5.41, 5.74) is 5.97. The van der Waals surface area contributed by atoms with E-state index in [2.05, 4.69) is 4.72 Å². The van der Waals surface area contributed by atoms with Gasteiger partial charge in [-0.05, 0) is 51.7 Å².